The molecule has 0 aromatic rings. The minimum atomic E-state index is -0.533. The second-order valence-corrected chi connectivity index (χ2v) is 2.14. The Hall–Kier alpha value is -0.730. The highest BCUT2D eigenvalue weighted by Gasteiger charge is 2.30. The molecule has 1 heterocycles. The maximum atomic E-state index is 10.4. The smallest absolute Gasteiger partial charge is 0.427 e. The normalized spacial score (nSPS) is 33.8. The second-order valence-electron chi connectivity index (χ2n) is 2.14. The summed E-state index contributed by atoms with van der Waals surface area (Å²) in [5, 5.41) is 0. The zero-order valence-electron chi connectivity index (χ0n) is 5.59. The first-order valence-corrected chi connectivity index (χ1v) is 3.11. The average molecular weight is 130 g/mol. The summed E-state index contributed by atoms with van der Waals surface area (Å²) < 4.78 is 9.47. The number of hydrogen-bond acceptors (Lipinski definition) is 3. The van der Waals surface area contributed by atoms with Crippen molar-refractivity contribution in [1.82, 2.24) is 0 Å². The lowest BCUT2D eigenvalue weighted by Crippen LogP contribution is -2.17. The lowest BCUT2D eigenvalue weighted by molar-refractivity contribution is 0.116. The van der Waals surface area contributed by atoms with E-state index in [2.05, 4.69) is 0 Å². The van der Waals surface area contributed by atoms with Crippen molar-refractivity contribution in [3.8, 4) is 0 Å². The van der Waals surface area contributed by atoms with Crippen LogP contribution in [-0.4, -0.2) is 18.4 Å². The SMILES string of the molecule is CC[C@H]1OC(=O)O[C@H]1C. The zero-order valence-corrected chi connectivity index (χ0v) is 5.59. The summed E-state index contributed by atoms with van der Waals surface area (Å²) in [6, 6.07) is 0. The first-order chi connectivity index (χ1) is 4.24. The summed E-state index contributed by atoms with van der Waals surface area (Å²) >= 11 is 0. The van der Waals surface area contributed by atoms with Gasteiger partial charge in [0.2, 0.25) is 0 Å². The fourth-order valence-electron chi connectivity index (χ4n) is 0.890. The Labute approximate surface area is 53.9 Å². The Morgan fingerprint density at radius 3 is 2.44 bits per heavy atom. The van der Waals surface area contributed by atoms with Crippen molar-refractivity contribution in [3.05, 3.63) is 0 Å². The van der Waals surface area contributed by atoms with Gasteiger partial charge in [-0.05, 0) is 13.3 Å². The summed E-state index contributed by atoms with van der Waals surface area (Å²) in [6.45, 7) is 3.79. The minimum absolute atomic E-state index is 0.0301. The van der Waals surface area contributed by atoms with Crippen molar-refractivity contribution in [3.63, 3.8) is 0 Å². The van der Waals surface area contributed by atoms with Gasteiger partial charge in [-0.15, -0.1) is 0 Å². The Morgan fingerprint density at radius 1 is 1.56 bits per heavy atom. The van der Waals surface area contributed by atoms with E-state index < -0.39 is 6.16 Å². The van der Waals surface area contributed by atoms with Crippen LogP contribution < -0.4 is 0 Å². The standard InChI is InChI=1S/C6H10O3/c1-3-5-4(2)8-6(7)9-5/h4-5H,3H2,1-2H3/t4-,5+/m0/s1. The van der Waals surface area contributed by atoms with Crippen LogP contribution in [0.5, 0.6) is 0 Å². The third-order valence-electron chi connectivity index (χ3n) is 1.46. The molecule has 3 nitrogen and oxygen atoms in total. The molecule has 0 aliphatic carbocycles. The lowest BCUT2D eigenvalue weighted by Gasteiger charge is -2.05. The summed E-state index contributed by atoms with van der Waals surface area (Å²) in [7, 11) is 0. The summed E-state index contributed by atoms with van der Waals surface area (Å²) in [6.07, 6.45) is 0.196. The van der Waals surface area contributed by atoms with Crippen molar-refractivity contribution >= 4 is 6.16 Å². The molecule has 1 aliphatic rings. The number of ether oxygens (including phenoxy) is 2. The van der Waals surface area contributed by atoms with Crippen LogP contribution in [0.2, 0.25) is 0 Å². The molecule has 1 fully saturated rings. The van der Waals surface area contributed by atoms with Crippen molar-refractivity contribution in [2.45, 2.75) is 32.5 Å². The molecule has 2 atom stereocenters. The highest BCUT2D eigenvalue weighted by atomic mass is 16.8. The van der Waals surface area contributed by atoms with Crippen LogP contribution in [0.4, 0.5) is 4.79 Å². The molecule has 0 aromatic carbocycles. The molecule has 9 heavy (non-hydrogen) atoms. The van der Waals surface area contributed by atoms with Crippen LogP contribution in [0.1, 0.15) is 20.3 Å². The fraction of sp³-hybridized carbons (Fsp3) is 0.833. The molecule has 0 saturated carbocycles. The third-order valence-corrected chi connectivity index (χ3v) is 1.46. The van der Waals surface area contributed by atoms with Crippen LogP contribution in [0, 0.1) is 0 Å². The Balaban J connectivity index is 2.47. The monoisotopic (exact) mass is 130 g/mol. The molecule has 1 aliphatic heterocycles. The van der Waals surface area contributed by atoms with Crippen molar-refractivity contribution in [2.24, 2.45) is 0 Å². The molecule has 0 N–H and O–H groups in total. The van der Waals surface area contributed by atoms with Gasteiger partial charge in [0, 0.05) is 0 Å². The molecule has 0 spiro atoms. The van der Waals surface area contributed by atoms with Crippen molar-refractivity contribution in [1.29, 1.82) is 0 Å². The number of cyclic esters (lactones) is 2. The zero-order chi connectivity index (χ0) is 6.85. The van der Waals surface area contributed by atoms with Crippen molar-refractivity contribution in [2.75, 3.05) is 0 Å². The number of rotatable bonds is 1. The Kier molecular flexibility index (Phi) is 1.60. The molecule has 0 bridgehead atoms. The van der Waals surface area contributed by atoms with Gasteiger partial charge in [-0.2, -0.15) is 0 Å². The molecule has 1 saturated heterocycles. The highest BCUT2D eigenvalue weighted by Crippen LogP contribution is 2.16. The first kappa shape index (κ1) is 6.39. The van der Waals surface area contributed by atoms with Gasteiger partial charge >= 0.3 is 6.16 Å². The molecular weight excluding hydrogens is 120 g/mol. The van der Waals surface area contributed by atoms with E-state index in [4.69, 9.17) is 9.47 Å². The number of hydrogen-bond donors (Lipinski definition) is 0. The van der Waals surface area contributed by atoms with E-state index in [1.807, 2.05) is 13.8 Å². The molecule has 52 valence electrons. The molecule has 0 unspecified atom stereocenters. The average Bonchev–Trinajstić information content (AvgIpc) is 2.10. The van der Waals surface area contributed by atoms with Gasteiger partial charge in [0.1, 0.15) is 12.2 Å². The second kappa shape index (κ2) is 2.25. The van der Waals surface area contributed by atoms with E-state index in [0.29, 0.717) is 0 Å². The molecule has 0 aromatic heterocycles. The van der Waals surface area contributed by atoms with Crippen LogP contribution in [-0.2, 0) is 9.47 Å². The van der Waals surface area contributed by atoms with Gasteiger partial charge < -0.3 is 9.47 Å². The molecule has 0 radical (unpaired) electrons. The molecule has 0 amide bonds. The quantitative estimate of drug-likeness (QED) is 0.502. The van der Waals surface area contributed by atoms with Gasteiger partial charge in [-0.1, -0.05) is 6.92 Å². The maximum Gasteiger partial charge on any atom is 0.509 e. The maximum absolute atomic E-state index is 10.4. The van der Waals surface area contributed by atoms with Gasteiger partial charge in [0.05, 0.1) is 0 Å². The van der Waals surface area contributed by atoms with E-state index in [9.17, 15) is 4.79 Å². The summed E-state index contributed by atoms with van der Waals surface area (Å²) in [4.78, 5) is 10.4. The predicted molar refractivity (Wildman–Crippen MR) is 31.1 cm³/mol. The summed E-state index contributed by atoms with van der Waals surface area (Å²) in [5.41, 5.74) is 0. The van der Waals surface area contributed by atoms with Gasteiger partial charge in [0.25, 0.3) is 0 Å². The molecule has 3 heteroatoms. The largest absolute Gasteiger partial charge is 0.509 e. The Bertz CT molecular complexity index is 121. The van der Waals surface area contributed by atoms with E-state index in [1.54, 1.807) is 0 Å². The van der Waals surface area contributed by atoms with Crippen LogP contribution in [0.3, 0.4) is 0 Å². The van der Waals surface area contributed by atoms with Gasteiger partial charge in [-0.3, -0.25) is 0 Å². The molecule has 1 rings (SSSR count). The van der Waals surface area contributed by atoms with Crippen LogP contribution in [0.25, 0.3) is 0 Å². The fourth-order valence-corrected chi connectivity index (χ4v) is 0.890. The van der Waals surface area contributed by atoms with Crippen LogP contribution >= 0.6 is 0 Å². The third kappa shape index (κ3) is 1.15. The van der Waals surface area contributed by atoms with E-state index in [1.165, 1.54) is 0 Å². The number of carbonyl (C=O) groups is 1. The van der Waals surface area contributed by atoms with Gasteiger partial charge in [0.15, 0.2) is 0 Å². The number of carbonyl (C=O) groups excluding carboxylic acids is 1. The van der Waals surface area contributed by atoms with Crippen LogP contribution in [0.15, 0.2) is 0 Å². The van der Waals surface area contributed by atoms with Crippen molar-refractivity contribution < 1.29 is 14.3 Å². The van der Waals surface area contributed by atoms with Gasteiger partial charge in [-0.25, -0.2) is 4.79 Å². The highest BCUT2D eigenvalue weighted by molar-refractivity contribution is 5.62. The minimum Gasteiger partial charge on any atom is -0.427 e. The first-order valence-electron chi connectivity index (χ1n) is 3.11. The predicted octanol–water partition coefficient (Wildman–Crippen LogP) is 1.32. The molecular formula is C6H10O3. The van der Waals surface area contributed by atoms with E-state index in [0.717, 1.165) is 6.42 Å². The topological polar surface area (TPSA) is 35.5 Å². The van der Waals surface area contributed by atoms with E-state index >= 15 is 0 Å². The van der Waals surface area contributed by atoms with E-state index in [-0.39, 0.29) is 12.2 Å². The lowest BCUT2D eigenvalue weighted by atomic mass is 10.2. The summed E-state index contributed by atoms with van der Waals surface area (Å²) in [5.74, 6) is 0. The Morgan fingerprint density at radius 2 is 2.22 bits per heavy atom.